The van der Waals surface area contributed by atoms with Crippen molar-refractivity contribution in [1.82, 2.24) is 4.90 Å². The molecular formula is C13H18N2O3. The number of hydrogen-bond donors (Lipinski definition) is 1. The first-order chi connectivity index (χ1) is 8.46. The van der Waals surface area contributed by atoms with Crippen molar-refractivity contribution >= 4 is 11.8 Å². The lowest BCUT2D eigenvalue weighted by molar-refractivity contribution is -0.158. The van der Waals surface area contributed by atoms with Crippen LogP contribution in [-0.4, -0.2) is 41.5 Å². The Labute approximate surface area is 106 Å². The average molecular weight is 250 g/mol. The smallest absolute Gasteiger partial charge is 0.234 e. The lowest BCUT2D eigenvalue weighted by Crippen LogP contribution is -2.70. The van der Waals surface area contributed by atoms with Crippen molar-refractivity contribution in [2.75, 3.05) is 6.61 Å². The minimum absolute atomic E-state index is 0.00601. The minimum Gasteiger partial charge on any atom is -0.376 e. The Hall–Kier alpha value is -0.940. The average Bonchev–Trinajstić information content (AvgIpc) is 2.63. The first kappa shape index (κ1) is 10.9. The Morgan fingerprint density at radius 1 is 1.28 bits per heavy atom. The van der Waals surface area contributed by atoms with Crippen LogP contribution in [0.2, 0.25) is 0 Å². The summed E-state index contributed by atoms with van der Waals surface area (Å²) in [6.45, 7) is 4.68. The first-order valence-corrected chi connectivity index (χ1v) is 6.70. The van der Waals surface area contributed by atoms with E-state index in [0.717, 1.165) is 6.42 Å². The molecular weight excluding hydrogens is 232 g/mol. The molecule has 4 aliphatic rings. The standard InChI is InChI=1S/C13H18N2O3/c1-13(2)6-7(13)12(17)15(11(6)16)9-8(14)5-3-4-18-10(5)9/h5-10H,3-4,14H2,1-2H3. The van der Waals surface area contributed by atoms with Gasteiger partial charge < -0.3 is 10.5 Å². The number of likely N-dealkylation sites (tertiary alicyclic amines) is 1. The molecule has 0 aromatic carbocycles. The lowest BCUT2D eigenvalue weighted by atomic mass is 9.71. The van der Waals surface area contributed by atoms with E-state index in [-0.39, 0.29) is 47.3 Å². The summed E-state index contributed by atoms with van der Waals surface area (Å²) in [5, 5.41) is 0. The molecule has 2 heterocycles. The van der Waals surface area contributed by atoms with Gasteiger partial charge in [-0.25, -0.2) is 0 Å². The van der Waals surface area contributed by atoms with E-state index in [4.69, 9.17) is 10.5 Å². The molecule has 2 N–H and O–H groups in total. The fourth-order valence-electron chi connectivity index (χ4n) is 4.30. The van der Waals surface area contributed by atoms with Crippen LogP contribution < -0.4 is 5.73 Å². The SMILES string of the molecule is CC1(C)C2C(=O)N(C3C(N)C4CCOC43)C(=O)C21. The van der Waals surface area contributed by atoms with Crippen molar-refractivity contribution in [3.05, 3.63) is 0 Å². The van der Waals surface area contributed by atoms with E-state index in [1.165, 1.54) is 4.90 Å². The summed E-state index contributed by atoms with van der Waals surface area (Å²) in [5.41, 5.74) is 5.97. The Balaban J connectivity index is 1.61. The zero-order chi connectivity index (χ0) is 12.8. The van der Waals surface area contributed by atoms with Crippen LogP contribution in [0.3, 0.4) is 0 Å². The Morgan fingerprint density at radius 3 is 2.50 bits per heavy atom. The van der Waals surface area contributed by atoms with E-state index < -0.39 is 0 Å². The van der Waals surface area contributed by atoms with Crippen molar-refractivity contribution in [3.8, 4) is 0 Å². The van der Waals surface area contributed by atoms with E-state index in [1.807, 2.05) is 13.8 Å². The van der Waals surface area contributed by atoms with E-state index in [2.05, 4.69) is 0 Å². The molecule has 5 nitrogen and oxygen atoms in total. The normalized spacial score (nSPS) is 52.1. The monoisotopic (exact) mass is 250 g/mol. The highest BCUT2D eigenvalue weighted by Crippen LogP contribution is 2.64. The highest BCUT2D eigenvalue weighted by Gasteiger charge is 2.75. The second kappa shape index (κ2) is 2.96. The summed E-state index contributed by atoms with van der Waals surface area (Å²) in [5.74, 6) is 0.0599. The maximum absolute atomic E-state index is 12.3. The van der Waals surface area contributed by atoms with Crippen LogP contribution in [0.15, 0.2) is 0 Å². The van der Waals surface area contributed by atoms with Gasteiger partial charge in [-0.1, -0.05) is 13.8 Å². The number of nitrogens with zero attached hydrogens (tertiary/aromatic N) is 1. The molecule has 98 valence electrons. The van der Waals surface area contributed by atoms with Crippen molar-refractivity contribution in [2.24, 2.45) is 28.9 Å². The molecule has 0 aromatic rings. The van der Waals surface area contributed by atoms with Crippen LogP contribution in [0, 0.1) is 23.2 Å². The predicted molar refractivity (Wildman–Crippen MR) is 62.2 cm³/mol. The van der Waals surface area contributed by atoms with Crippen LogP contribution in [0.25, 0.3) is 0 Å². The van der Waals surface area contributed by atoms with Gasteiger partial charge in [0.15, 0.2) is 0 Å². The number of imide groups is 1. The largest absolute Gasteiger partial charge is 0.376 e. The molecule has 0 aromatic heterocycles. The van der Waals surface area contributed by atoms with Gasteiger partial charge in [-0.05, 0) is 11.8 Å². The van der Waals surface area contributed by atoms with Crippen LogP contribution in [0.5, 0.6) is 0 Å². The van der Waals surface area contributed by atoms with Gasteiger partial charge in [0.05, 0.1) is 24.0 Å². The van der Waals surface area contributed by atoms with E-state index in [1.54, 1.807) is 0 Å². The van der Waals surface area contributed by atoms with Gasteiger partial charge in [0, 0.05) is 18.6 Å². The van der Waals surface area contributed by atoms with Crippen molar-refractivity contribution in [2.45, 2.75) is 38.5 Å². The lowest BCUT2D eigenvalue weighted by Gasteiger charge is -2.49. The summed E-state index contributed by atoms with van der Waals surface area (Å²) in [7, 11) is 0. The van der Waals surface area contributed by atoms with E-state index in [9.17, 15) is 9.59 Å². The molecule has 18 heavy (non-hydrogen) atoms. The number of ether oxygens (including phenoxy) is 1. The van der Waals surface area contributed by atoms with Gasteiger partial charge in [0.1, 0.15) is 0 Å². The number of carbonyl (C=O) groups is 2. The van der Waals surface area contributed by atoms with Crippen molar-refractivity contribution in [1.29, 1.82) is 0 Å². The number of amides is 2. The highest BCUT2D eigenvalue weighted by molar-refractivity contribution is 6.10. The predicted octanol–water partition coefficient (Wildman–Crippen LogP) is -0.258. The summed E-state index contributed by atoms with van der Waals surface area (Å²) in [6, 6.07) is -0.299. The second-order valence-electron chi connectivity index (χ2n) is 6.68. The maximum atomic E-state index is 12.3. The molecule has 4 fully saturated rings. The zero-order valence-corrected chi connectivity index (χ0v) is 10.6. The molecule has 0 radical (unpaired) electrons. The number of fused-ring (bicyclic) bond motifs is 2. The summed E-state index contributed by atoms with van der Waals surface area (Å²) >= 11 is 0. The van der Waals surface area contributed by atoms with Gasteiger partial charge in [0.2, 0.25) is 11.8 Å². The maximum Gasteiger partial charge on any atom is 0.234 e. The number of carbonyl (C=O) groups excluding carboxylic acids is 2. The number of rotatable bonds is 1. The fraction of sp³-hybridized carbons (Fsp3) is 0.846. The zero-order valence-electron chi connectivity index (χ0n) is 10.6. The van der Waals surface area contributed by atoms with Gasteiger partial charge >= 0.3 is 0 Å². The third-order valence-electron chi connectivity index (χ3n) is 5.54. The molecule has 2 saturated heterocycles. The molecule has 5 heteroatoms. The number of nitrogens with two attached hydrogens (primary N) is 1. The fourth-order valence-corrected chi connectivity index (χ4v) is 4.30. The van der Waals surface area contributed by atoms with Gasteiger partial charge in [0.25, 0.3) is 0 Å². The van der Waals surface area contributed by atoms with Gasteiger partial charge in [-0.2, -0.15) is 0 Å². The quantitative estimate of drug-likeness (QED) is 0.651. The van der Waals surface area contributed by atoms with E-state index >= 15 is 0 Å². The second-order valence-corrected chi connectivity index (χ2v) is 6.68. The van der Waals surface area contributed by atoms with Crippen molar-refractivity contribution < 1.29 is 14.3 Å². The molecule has 2 saturated carbocycles. The molecule has 2 aliphatic carbocycles. The molecule has 6 unspecified atom stereocenters. The Kier molecular flexibility index (Phi) is 1.80. The summed E-state index contributed by atoms with van der Waals surface area (Å²) in [4.78, 5) is 26.1. The molecule has 0 spiro atoms. The third-order valence-corrected chi connectivity index (χ3v) is 5.54. The topological polar surface area (TPSA) is 72.6 Å². The molecule has 0 bridgehead atoms. The van der Waals surface area contributed by atoms with Crippen molar-refractivity contribution in [3.63, 3.8) is 0 Å². The highest BCUT2D eigenvalue weighted by atomic mass is 16.5. The molecule has 2 aliphatic heterocycles. The number of piperidine rings is 1. The minimum atomic E-state index is -0.207. The molecule has 4 rings (SSSR count). The Bertz CT molecular complexity index is 437. The third kappa shape index (κ3) is 0.982. The van der Waals surface area contributed by atoms with E-state index in [0.29, 0.717) is 12.5 Å². The Morgan fingerprint density at radius 2 is 1.89 bits per heavy atom. The van der Waals surface area contributed by atoms with Gasteiger partial charge in [-0.3, -0.25) is 14.5 Å². The van der Waals surface area contributed by atoms with Crippen LogP contribution >= 0.6 is 0 Å². The van der Waals surface area contributed by atoms with Crippen LogP contribution in [0.4, 0.5) is 0 Å². The van der Waals surface area contributed by atoms with Crippen LogP contribution in [0.1, 0.15) is 20.3 Å². The van der Waals surface area contributed by atoms with Gasteiger partial charge in [-0.15, -0.1) is 0 Å². The summed E-state index contributed by atoms with van der Waals surface area (Å²) in [6.07, 6.45) is 0.949. The first-order valence-electron chi connectivity index (χ1n) is 6.70. The summed E-state index contributed by atoms with van der Waals surface area (Å²) < 4.78 is 5.62. The van der Waals surface area contributed by atoms with Crippen LogP contribution in [-0.2, 0) is 14.3 Å². The molecule has 2 amide bonds. The molecule has 6 atom stereocenters. The number of hydrogen-bond acceptors (Lipinski definition) is 4.